The van der Waals surface area contributed by atoms with E-state index >= 15 is 0 Å². The van der Waals surface area contributed by atoms with Gasteiger partial charge in [0.1, 0.15) is 0 Å². The molecule has 0 spiro atoms. The van der Waals surface area contributed by atoms with Gasteiger partial charge in [0.25, 0.3) is 0 Å². The van der Waals surface area contributed by atoms with Crippen LogP contribution in [0.5, 0.6) is 11.5 Å². The Morgan fingerprint density at radius 1 is 1.05 bits per heavy atom. The molecule has 0 unspecified atom stereocenters. The minimum atomic E-state index is -0.129. The summed E-state index contributed by atoms with van der Waals surface area (Å²) >= 11 is 3.33. The summed E-state index contributed by atoms with van der Waals surface area (Å²) in [5.74, 6) is 1.15. The molecule has 2 N–H and O–H groups in total. The third kappa shape index (κ3) is 2.88. The minimum absolute atomic E-state index is 0.129. The van der Waals surface area contributed by atoms with E-state index in [1.165, 1.54) is 0 Å². The molecule has 0 bridgehead atoms. The molecule has 1 aliphatic rings. The van der Waals surface area contributed by atoms with Gasteiger partial charge in [0.2, 0.25) is 0 Å². The van der Waals surface area contributed by atoms with Crippen LogP contribution in [0.15, 0.2) is 40.9 Å². The van der Waals surface area contributed by atoms with Crippen molar-refractivity contribution in [2.75, 3.05) is 18.9 Å². The SMILES string of the molecule is Nc1cc(Br)ccc1C(=O)c1ccc2c(c1)OCCCO2. The number of nitrogens with two attached hydrogens (primary N) is 1. The van der Waals surface area contributed by atoms with Crippen molar-refractivity contribution in [3.63, 3.8) is 0 Å². The molecule has 0 aromatic heterocycles. The smallest absolute Gasteiger partial charge is 0.195 e. The van der Waals surface area contributed by atoms with Crippen LogP contribution in [0.4, 0.5) is 5.69 Å². The average molecular weight is 348 g/mol. The summed E-state index contributed by atoms with van der Waals surface area (Å²) in [6.45, 7) is 1.21. The molecule has 2 aromatic rings. The van der Waals surface area contributed by atoms with Gasteiger partial charge in [0.05, 0.1) is 13.2 Å². The molecule has 4 nitrogen and oxygen atoms in total. The first kappa shape index (κ1) is 13.9. The molecule has 0 aliphatic carbocycles. The Balaban J connectivity index is 1.96. The van der Waals surface area contributed by atoms with E-state index in [0.717, 1.165) is 10.9 Å². The number of ether oxygens (including phenoxy) is 2. The minimum Gasteiger partial charge on any atom is -0.490 e. The normalized spacial score (nSPS) is 13.6. The predicted molar refractivity (Wildman–Crippen MR) is 84.0 cm³/mol. The lowest BCUT2D eigenvalue weighted by Crippen LogP contribution is -2.06. The number of halogens is 1. The second kappa shape index (κ2) is 5.77. The summed E-state index contributed by atoms with van der Waals surface area (Å²) in [6.07, 6.45) is 0.831. The van der Waals surface area contributed by atoms with Crippen molar-refractivity contribution < 1.29 is 14.3 Å². The zero-order chi connectivity index (χ0) is 14.8. The van der Waals surface area contributed by atoms with Crippen molar-refractivity contribution in [2.24, 2.45) is 0 Å². The highest BCUT2D eigenvalue weighted by atomic mass is 79.9. The fourth-order valence-corrected chi connectivity index (χ4v) is 2.58. The van der Waals surface area contributed by atoms with Crippen LogP contribution < -0.4 is 15.2 Å². The summed E-state index contributed by atoms with van der Waals surface area (Å²) < 4.78 is 12.0. The maximum absolute atomic E-state index is 12.6. The topological polar surface area (TPSA) is 61.6 Å². The fraction of sp³-hybridized carbons (Fsp3) is 0.188. The molecule has 108 valence electrons. The molecule has 0 amide bonds. The number of ketones is 1. The van der Waals surface area contributed by atoms with Gasteiger partial charge in [-0.05, 0) is 36.4 Å². The Bertz CT molecular complexity index is 700. The van der Waals surface area contributed by atoms with Gasteiger partial charge in [-0.3, -0.25) is 4.79 Å². The van der Waals surface area contributed by atoms with Crippen molar-refractivity contribution in [3.8, 4) is 11.5 Å². The average Bonchev–Trinajstić information content (AvgIpc) is 2.71. The van der Waals surface area contributed by atoms with E-state index in [1.807, 2.05) is 0 Å². The third-order valence-corrected chi connectivity index (χ3v) is 3.76. The summed E-state index contributed by atoms with van der Waals surface area (Å²) in [4.78, 5) is 12.6. The van der Waals surface area contributed by atoms with Crippen LogP contribution in [0.3, 0.4) is 0 Å². The molecule has 0 radical (unpaired) electrons. The molecule has 0 saturated heterocycles. The monoisotopic (exact) mass is 347 g/mol. The highest BCUT2D eigenvalue weighted by molar-refractivity contribution is 9.10. The van der Waals surface area contributed by atoms with Crippen LogP contribution in [-0.2, 0) is 0 Å². The number of benzene rings is 2. The van der Waals surface area contributed by atoms with Gasteiger partial charge in [0, 0.05) is 27.7 Å². The van der Waals surface area contributed by atoms with Crippen LogP contribution >= 0.6 is 15.9 Å². The Labute approximate surface area is 131 Å². The van der Waals surface area contributed by atoms with Crippen molar-refractivity contribution >= 4 is 27.4 Å². The van der Waals surface area contributed by atoms with E-state index in [-0.39, 0.29) is 5.78 Å². The van der Waals surface area contributed by atoms with E-state index in [0.29, 0.717) is 41.5 Å². The first-order valence-corrected chi connectivity index (χ1v) is 7.44. The Morgan fingerprint density at radius 2 is 1.81 bits per heavy atom. The maximum atomic E-state index is 12.6. The summed E-state index contributed by atoms with van der Waals surface area (Å²) in [7, 11) is 0. The number of fused-ring (bicyclic) bond motifs is 1. The predicted octanol–water partition coefficient (Wildman–Crippen LogP) is 3.42. The van der Waals surface area contributed by atoms with Gasteiger partial charge in [-0.2, -0.15) is 0 Å². The number of hydrogen-bond acceptors (Lipinski definition) is 4. The second-order valence-electron chi connectivity index (χ2n) is 4.77. The molecular formula is C16H14BrNO3. The molecule has 5 heteroatoms. The van der Waals surface area contributed by atoms with Crippen molar-refractivity contribution in [2.45, 2.75) is 6.42 Å². The zero-order valence-corrected chi connectivity index (χ0v) is 12.9. The number of rotatable bonds is 2. The molecular weight excluding hydrogens is 334 g/mol. The maximum Gasteiger partial charge on any atom is 0.195 e. The molecule has 0 fully saturated rings. The van der Waals surface area contributed by atoms with Gasteiger partial charge in [-0.25, -0.2) is 0 Å². The molecule has 21 heavy (non-hydrogen) atoms. The van der Waals surface area contributed by atoms with E-state index in [1.54, 1.807) is 36.4 Å². The summed E-state index contributed by atoms with van der Waals surface area (Å²) in [5.41, 5.74) is 7.38. The number of hydrogen-bond donors (Lipinski definition) is 1. The van der Waals surface area contributed by atoms with Gasteiger partial charge in [-0.1, -0.05) is 15.9 Å². The number of nitrogen functional groups attached to an aromatic ring is 1. The van der Waals surface area contributed by atoms with Gasteiger partial charge < -0.3 is 15.2 Å². The van der Waals surface area contributed by atoms with E-state index in [9.17, 15) is 4.79 Å². The van der Waals surface area contributed by atoms with Crippen molar-refractivity contribution in [3.05, 3.63) is 52.0 Å². The highest BCUT2D eigenvalue weighted by Gasteiger charge is 2.17. The molecule has 1 aliphatic heterocycles. The quantitative estimate of drug-likeness (QED) is 0.667. The number of anilines is 1. The van der Waals surface area contributed by atoms with Crippen LogP contribution in [0.1, 0.15) is 22.3 Å². The van der Waals surface area contributed by atoms with Crippen LogP contribution in [-0.4, -0.2) is 19.0 Å². The fourth-order valence-electron chi connectivity index (χ4n) is 2.20. The molecule has 3 rings (SSSR count). The van der Waals surface area contributed by atoms with E-state index in [2.05, 4.69) is 15.9 Å². The van der Waals surface area contributed by atoms with Crippen LogP contribution in [0, 0.1) is 0 Å². The Kier molecular flexibility index (Phi) is 3.84. The van der Waals surface area contributed by atoms with Crippen LogP contribution in [0.2, 0.25) is 0 Å². The summed E-state index contributed by atoms with van der Waals surface area (Å²) in [5, 5.41) is 0. The second-order valence-corrected chi connectivity index (χ2v) is 5.69. The van der Waals surface area contributed by atoms with Gasteiger partial charge in [0.15, 0.2) is 17.3 Å². The lowest BCUT2D eigenvalue weighted by Gasteiger charge is -2.10. The summed E-state index contributed by atoms with van der Waals surface area (Å²) in [6, 6.07) is 10.4. The first-order chi connectivity index (χ1) is 10.1. The first-order valence-electron chi connectivity index (χ1n) is 6.64. The van der Waals surface area contributed by atoms with E-state index < -0.39 is 0 Å². The van der Waals surface area contributed by atoms with Gasteiger partial charge >= 0.3 is 0 Å². The van der Waals surface area contributed by atoms with Crippen LogP contribution in [0.25, 0.3) is 0 Å². The molecule has 1 heterocycles. The van der Waals surface area contributed by atoms with Crippen molar-refractivity contribution in [1.82, 2.24) is 0 Å². The van der Waals surface area contributed by atoms with E-state index in [4.69, 9.17) is 15.2 Å². The zero-order valence-electron chi connectivity index (χ0n) is 11.3. The molecule has 2 aromatic carbocycles. The third-order valence-electron chi connectivity index (χ3n) is 3.27. The largest absolute Gasteiger partial charge is 0.490 e. The number of carbonyl (C=O) groups is 1. The van der Waals surface area contributed by atoms with Gasteiger partial charge in [-0.15, -0.1) is 0 Å². The Hall–Kier alpha value is -2.01. The molecule has 0 atom stereocenters. The standard InChI is InChI=1S/C16H14BrNO3/c17-11-3-4-12(13(18)9-11)16(19)10-2-5-14-15(8-10)21-7-1-6-20-14/h2-5,8-9H,1,6-7,18H2. The number of carbonyl (C=O) groups excluding carboxylic acids is 1. The Morgan fingerprint density at radius 3 is 2.57 bits per heavy atom. The lowest BCUT2D eigenvalue weighted by atomic mass is 10.0. The van der Waals surface area contributed by atoms with Crippen molar-refractivity contribution in [1.29, 1.82) is 0 Å². The highest BCUT2D eigenvalue weighted by Crippen LogP contribution is 2.31. The molecule has 0 saturated carbocycles. The lowest BCUT2D eigenvalue weighted by molar-refractivity contribution is 0.103.